The predicted molar refractivity (Wildman–Crippen MR) is 96.5 cm³/mol. The number of carbonyl (C=O) groups is 1. The number of carbonyl (C=O) groups excluding carboxylic acids is 1. The van der Waals surface area contributed by atoms with Crippen LogP contribution in [0.4, 0.5) is 0 Å². The van der Waals surface area contributed by atoms with Gasteiger partial charge in [-0.25, -0.2) is 4.98 Å². The molecule has 2 heterocycles. The number of aryl methyl sites for hydroxylation is 2. The molecule has 6 heteroatoms. The number of rotatable bonds is 4. The molecule has 0 aliphatic rings. The summed E-state index contributed by atoms with van der Waals surface area (Å²) in [6, 6.07) is 5.50. The molecule has 1 N–H and O–H groups in total. The Kier molecular flexibility index (Phi) is 4.49. The summed E-state index contributed by atoms with van der Waals surface area (Å²) in [6.45, 7) is 3.91. The van der Waals surface area contributed by atoms with Crippen LogP contribution in [0.15, 0.2) is 40.8 Å². The number of hydrogen-bond acceptors (Lipinski definition) is 4. The Labute approximate surface area is 144 Å². The zero-order valence-electron chi connectivity index (χ0n) is 13.9. The number of hydrogen-bond donors (Lipinski definition) is 1. The number of thiazole rings is 1. The van der Waals surface area contributed by atoms with Crippen molar-refractivity contribution in [2.75, 3.05) is 0 Å². The minimum Gasteiger partial charge on any atom is -0.350 e. The highest BCUT2D eigenvalue weighted by atomic mass is 32.1. The maximum atomic E-state index is 12.7. The third kappa shape index (κ3) is 2.97. The maximum Gasteiger partial charge on any atom is 0.257 e. The summed E-state index contributed by atoms with van der Waals surface area (Å²) in [5.74, 6) is -0.360. The van der Waals surface area contributed by atoms with E-state index in [1.165, 1.54) is 11.3 Å². The van der Waals surface area contributed by atoms with E-state index >= 15 is 0 Å². The first-order chi connectivity index (χ1) is 11.5. The Hall–Kier alpha value is -2.47. The summed E-state index contributed by atoms with van der Waals surface area (Å²) in [7, 11) is 1.84. The molecule has 3 aromatic rings. The number of amides is 1. The molecule has 2 aromatic heterocycles. The zero-order chi connectivity index (χ0) is 17.3. The van der Waals surface area contributed by atoms with Gasteiger partial charge in [0, 0.05) is 30.2 Å². The number of fused-ring (bicyclic) bond motifs is 1. The Morgan fingerprint density at radius 2 is 2.21 bits per heavy atom. The third-order valence-corrected chi connectivity index (χ3v) is 4.94. The molecule has 0 aliphatic heterocycles. The van der Waals surface area contributed by atoms with Crippen LogP contribution in [0.25, 0.3) is 10.9 Å². The number of pyridine rings is 1. The second-order valence-electron chi connectivity index (χ2n) is 5.81. The Morgan fingerprint density at radius 1 is 1.42 bits per heavy atom. The fourth-order valence-corrected chi connectivity index (χ4v) is 3.52. The lowest BCUT2D eigenvalue weighted by Crippen LogP contribution is -2.32. The SMILES string of the molecule is CC[C@H](NC(=O)c1cn(C)c2ccc(C)cc2c1=O)c1nccs1. The summed E-state index contributed by atoms with van der Waals surface area (Å²) in [5.41, 5.74) is 1.73. The van der Waals surface area contributed by atoms with Crippen LogP contribution in [-0.2, 0) is 7.05 Å². The molecule has 0 saturated carbocycles. The van der Waals surface area contributed by atoms with Gasteiger partial charge in [0.1, 0.15) is 10.6 Å². The van der Waals surface area contributed by atoms with Crippen LogP contribution in [0, 0.1) is 6.92 Å². The quantitative estimate of drug-likeness (QED) is 0.793. The first-order valence-corrected chi connectivity index (χ1v) is 8.69. The molecule has 0 saturated heterocycles. The molecule has 124 valence electrons. The van der Waals surface area contributed by atoms with E-state index in [0.717, 1.165) is 16.1 Å². The molecular formula is C18H19N3O2S. The summed E-state index contributed by atoms with van der Waals surface area (Å²) < 4.78 is 1.81. The summed E-state index contributed by atoms with van der Waals surface area (Å²) in [5, 5.41) is 6.21. The van der Waals surface area contributed by atoms with Gasteiger partial charge in [-0.3, -0.25) is 9.59 Å². The average molecular weight is 341 g/mol. The molecule has 1 atom stereocenters. The maximum absolute atomic E-state index is 12.7. The van der Waals surface area contributed by atoms with Crippen LogP contribution in [0.2, 0.25) is 0 Å². The molecular weight excluding hydrogens is 322 g/mol. The average Bonchev–Trinajstić information content (AvgIpc) is 3.09. The fraction of sp³-hybridized carbons (Fsp3) is 0.278. The number of benzene rings is 1. The molecule has 5 nitrogen and oxygen atoms in total. The summed E-state index contributed by atoms with van der Waals surface area (Å²) in [6.07, 6.45) is 4.03. The molecule has 0 bridgehead atoms. The first-order valence-electron chi connectivity index (χ1n) is 7.81. The molecule has 0 radical (unpaired) electrons. The lowest BCUT2D eigenvalue weighted by Gasteiger charge is -2.15. The van der Waals surface area contributed by atoms with Crippen molar-refractivity contribution in [3.05, 3.63) is 62.3 Å². The van der Waals surface area contributed by atoms with Crippen molar-refractivity contribution in [1.82, 2.24) is 14.9 Å². The largest absolute Gasteiger partial charge is 0.350 e. The highest BCUT2D eigenvalue weighted by molar-refractivity contribution is 7.09. The normalized spacial score (nSPS) is 12.3. The van der Waals surface area contributed by atoms with Crippen molar-refractivity contribution in [3.63, 3.8) is 0 Å². The van der Waals surface area contributed by atoms with Crippen LogP contribution in [0.1, 0.15) is 40.3 Å². The lowest BCUT2D eigenvalue weighted by atomic mass is 10.1. The molecule has 0 spiro atoms. The van der Waals surface area contributed by atoms with Crippen LogP contribution >= 0.6 is 11.3 Å². The second kappa shape index (κ2) is 6.57. The van der Waals surface area contributed by atoms with Crippen molar-refractivity contribution in [2.24, 2.45) is 7.05 Å². The second-order valence-corrected chi connectivity index (χ2v) is 6.73. The fourth-order valence-electron chi connectivity index (χ4n) is 2.75. The van der Waals surface area contributed by atoms with Crippen molar-refractivity contribution >= 4 is 28.1 Å². The van der Waals surface area contributed by atoms with Gasteiger partial charge in [-0.2, -0.15) is 0 Å². The van der Waals surface area contributed by atoms with Crippen LogP contribution in [-0.4, -0.2) is 15.5 Å². The van der Waals surface area contributed by atoms with E-state index in [9.17, 15) is 9.59 Å². The van der Waals surface area contributed by atoms with Crippen molar-refractivity contribution in [1.29, 1.82) is 0 Å². The van der Waals surface area contributed by atoms with E-state index in [4.69, 9.17) is 0 Å². The van der Waals surface area contributed by atoms with E-state index in [1.54, 1.807) is 12.4 Å². The van der Waals surface area contributed by atoms with Gasteiger partial charge in [0.25, 0.3) is 5.91 Å². The Morgan fingerprint density at radius 3 is 2.88 bits per heavy atom. The van der Waals surface area contributed by atoms with Crippen LogP contribution < -0.4 is 10.7 Å². The minimum atomic E-state index is -0.360. The van der Waals surface area contributed by atoms with Gasteiger partial charge in [-0.1, -0.05) is 18.6 Å². The molecule has 24 heavy (non-hydrogen) atoms. The molecule has 0 aliphatic carbocycles. The van der Waals surface area contributed by atoms with Gasteiger partial charge >= 0.3 is 0 Å². The standard InChI is InChI=1S/C18H19N3O2S/c1-4-14(18-19-7-8-24-18)20-17(23)13-10-21(3)15-6-5-11(2)9-12(15)16(13)22/h5-10,14H,4H2,1-3H3,(H,20,23)/t14-/m0/s1. The monoisotopic (exact) mass is 341 g/mol. The Bertz CT molecular complexity index is 945. The number of aromatic nitrogens is 2. The molecule has 3 rings (SSSR count). The van der Waals surface area contributed by atoms with Crippen molar-refractivity contribution in [2.45, 2.75) is 26.3 Å². The number of nitrogens with one attached hydrogen (secondary N) is 1. The Balaban J connectivity index is 2.01. The summed E-state index contributed by atoms with van der Waals surface area (Å²) >= 11 is 1.50. The zero-order valence-corrected chi connectivity index (χ0v) is 14.7. The minimum absolute atomic E-state index is 0.158. The van der Waals surface area contributed by atoms with E-state index in [1.807, 2.05) is 49.0 Å². The smallest absolute Gasteiger partial charge is 0.257 e. The lowest BCUT2D eigenvalue weighted by molar-refractivity contribution is 0.0934. The van der Waals surface area contributed by atoms with Gasteiger partial charge in [-0.05, 0) is 25.5 Å². The molecule has 0 unspecified atom stereocenters. The molecule has 0 fully saturated rings. The van der Waals surface area contributed by atoms with Crippen LogP contribution in [0.5, 0.6) is 0 Å². The van der Waals surface area contributed by atoms with E-state index < -0.39 is 0 Å². The van der Waals surface area contributed by atoms with Gasteiger partial charge in [0.2, 0.25) is 5.43 Å². The first kappa shape index (κ1) is 16.4. The van der Waals surface area contributed by atoms with Gasteiger partial charge in [-0.15, -0.1) is 11.3 Å². The highest BCUT2D eigenvalue weighted by Gasteiger charge is 2.19. The third-order valence-electron chi connectivity index (χ3n) is 4.05. The number of nitrogens with zero attached hydrogens (tertiary/aromatic N) is 2. The van der Waals surface area contributed by atoms with Crippen molar-refractivity contribution < 1.29 is 4.79 Å². The van der Waals surface area contributed by atoms with Crippen molar-refractivity contribution in [3.8, 4) is 0 Å². The van der Waals surface area contributed by atoms with Gasteiger partial charge < -0.3 is 9.88 Å². The predicted octanol–water partition coefficient (Wildman–Crippen LogP) is 3.18. The van der Waals surface area contributed by atoms with Gasteiger partial charge in [0.15, 0.2) is 0 Å². The van der Waals surface area contributed by atoms with E-state index in [2.05, 4.69) is 10.3 Å². The van der Waals surface area contributed by atoms with Gasteiger partial charge in [0.05, 0.1) is 11.6 Å². The molecule has 1 aromatic carbocycles. The highest BCUT2D eigenvalue weighted by Crippen LogP contribution is 2.19. The van der Waals surface area contributed by atoms with E-state index in [-0.39, 0.29) is 22.9 Å². The van der Waals surface area contributed by atoms with E-state index in [0.29, 0.717) is 11.8 Å². The topological polar surface area (TPSA) is 64.0 Å². The summed E-state index contributed by atoms with van der Waals surface area (Å²) in [4.78, 5) is 29.7. The molecule has 1 amide bonds. The van der Waals surface area contributed by atoms with Crippen LogP contribution in [0.3, 0.4) is 0 Å².